The summed E-state index contributed by atoms with van der Waals surface area (Å²) < 4.78 is 4.76. The van der Waals surface area contributed by atoms with Crippen LogP contribution in [0.3, 0.4) is 0 Å². The van der Waals surface area contributed by atoms with Gasteiger partial charge in [0.05, 0.1) is 6.42 Å². The lowest BCUT2D eigenvalue weighted by Gasteiger charge is -1.99. The van der Waals surface area contributed by atoms with Crippen LogP contribution in [0, 0.1) is 0 Å². The van der Waals surface area contributed by atoms with E-state index < -0.39 is 5.97 Å². The maximum absolute atomic E-state index is 10.6. The van der Waals surface area contributed by atoms with Gasteiger partial charge in [-0.1, -0.05) is 17.3 Å². The van der Waals surface area contributed by atoms with Crippen molar-refractivity contribution < 1.29 is 19.5 Å². The van der Waals surface area contributed by atoms with Gasteiger partial charge in [-0.15, -0.1) is 0 Å². The highest BCUT2D eigenvalue weighted by Crippen LogP contribution is 2.25. The number of carbonyl (C=O) groups is 1. The lowest BCUT2D eigenvalue weighted by molar-refractivity contribution is -0.136. The molecule has 5 nitrogen and oxygen atoms in total. The van der Waals surface area contributed by atoms with Crippen LogP contribution in [-0.2, 0) is 11.2 Å². The predicted molar refractivity (Wildman–Crippen MR) is 54.9 cm³/mol. The van der Waals surface area contributed by atoms with Crippen LogP contribution in [0.15, 0.2) is 35.1 Å². The SMILES string of the molecule is O=C(O)Cc1nocc1-c1ccc(O)cc1. The summed E-state index contributed by atoms with van der Waals surface area (Å²) in [5.41, 5.74) is 1.76. The van der Waals surface area contributed by atoms with Gasteiger partial charge in [0.1, 0.15) is 17.7 Å². The molecule has 2 N–H and O–H groups in total. The summed E-state index contributed by atoms with van der Waals surface area (Å²) in [4.78, 5) is 10.6. The van der Waals surface area contributed by atoms with Crippen LogP contribution in [0.1, 0.15) is 5.69 Å². The first-order valence-corrected chi connectivity index (χ1v) is 4.61. The van der Waals surface area contributed by atoms with Crippen molar-refractivity contribution in [1.29, 1.82) is 0 Å². The van der Waals surface area contributed by atoms with Crippen molar-refractivity contribution in [2.75, 3.05) is 0 Å². The molecule has 0 radical (unpaired) electrons. The standard InChI is InChI=1S/C11H9NO4/c13-8-3-1-7(2-4-8)9-6-16-12-10(9)5-11(14)15/h1-4,6,13H,5H2,(H,14,15). The summed E-state index contributed by atoms with van der Waals surface area (Å²) in [5.74, 6) is -0.811. The molecule has 0 aliphatic rings. The van der Waals surface area contributed by atoms with Crippen molar-refractivity contribution >= 4 is 5.97 Å². The first kappa shape index (κ1) is 10.2. The molecule has 82 valence electrons. The molecule has 0 unspecified atom stereocenters. The van der Waals surface area contributed by atoms with Gasteiger partial charge in [-0.25, -0.2) is 0 Å². The molecule has 0 saturated heterocycles. The third kappa shape index (κ3) is 2.03. The smallest absolute Gasteiger partial charge is 0.309 e. The number of hydrogen-bond acceptors (Lipinski definition) is 4. The summed E-state index contributed by atoms with van der Waals surface area (Å²) >= 11 is 0. The maximum Gasteiger partial charge on any atom is 0.309 e. The molecule has 2 aromatic rings. The van der Waals surface area contributed by atoms with E-state index in [1.165, 1.54) is 18.4 Å². The molecule has 0 atom stereocenters. The van der Waals surface area contributed by atoms with E-state index in [-0.39, 0.29) is 12.2 Å². The van der Waals surface area contributed by atoms with Crippen LogP contribution in [-0.4, -0.2) is 21.3 Å². The number of hydrogen-bond donors (Lipinski definition) is 2. The van der Waals surface area contributed by atoms with E-state index in [1.807, 2.05) is 0 Å². The Hall–Kier alpha value is -2.30. The van der Waals surface area contributed by atoms with Gasteiger partial charge in [-0.2, -0.15) is 0 Å². The molecule has 0 bridgehead atoms. The van der Waals surface area contributed by atoms with Crippen LogP contribution in [0.5, 0.6) is 5.75 Å². The Kier molecular flexibility index (Phi) is 2.59. The molecule has 0 amide bonds. The minimum absolute atomic E-state index is 0.153. The average Bonchev–Trinajstić information content (AvgIpc) is 2.66. The van der Waals surface area contributed by atoms with Crippen molar-refractivity contribution in [3.05, 3.63) is 36.2 Å². The fraction of sp³-hybridized carbons (Fsp3) is 0.0909. The number of rotatable bonds is 3. The third-order valence-electron chi connectivity index (χ3n) is 2.14. The zero-order chi connectivity index (χ0) is 11.5. The Labute approximate surface area is 90.9 Å². The Balaban J connectivity index is 2.36. The molecule has 0 fully saturated rings. The second-order valence-corrected chi connectivity index (χ2v) is 3.29. The average molecular weight is 219 g/mol. The Morgan fingerprint density at radius 2 is 2.00 bits per heavy atom. The normalized spacial score (nSPS) is 10.2. The Morgan fingerprint density at radius 1 is 1.31 bits per heavy atom. The molecule has 0 spiro atoms. The topological polar surface area (TPSA) is 83.6 Å². The third-order valence-corrected chi connectivity index (χ3v) is 2.14. The number of aromatic hydroxyl groups is 1. The predicted octanol–water partition coefficient (Wildman–Crippen LogP) is 1.67. The molecule has 0 aliphatic carbocycles. The van der Waals surface area contributed by atoms with Gasteiger partial charge in [0.25, 0.3) is 0 Å². The number of carboxylic acid groups (broad SMARTS) is 1. The van der Waals surface area contributed by atoms with Crippen molar-refractivity contribution in [2.24, 2.45) is 0 Å². The van der Waals surface area contributed by atoms with Crippen LogP contribution in [0.2, 0.25) is 0 Å². The monoisotopic (exact) mass is 219 g/mol. The second-order valence-electron chi connectivity index (χ2n) is 3.29. The first-order chi connectivity index (χ1) is 7.66. The van der Waals surface area contributed by atoms with E-state index in [0.717, 1.165) is 5.56 Å². The molecular formula is C11H9NO4. The zero-order valence-electron chi connectivity index (χ0n) is 8.25. The van der Waals surface area contributed by atoms with E-state index in [2.05, 4.69) is 5.16 Å². The Morgan fingerprint density at radius 3 is 2.62 bits per heavy atom. The highest BCUT2D eigenvalue weighted by molar-refractivity contribution is 5.75. The maximum atomic E-state index is 10.6. The number of benzene rings is 1. The zero-order valence-corrected chi connectivity index (χ0v) is 8.25. The molecule has 0 saturated carbocycles. The van der Waals surface area contributed by atoms with Crippen molar-refractivity contribution in [1.82, 2.24) is 5.16 Å². The molecular weight excluding hydrogens is 210 g/mol. The van der Waals surface area contributed by atoms with Gasteiger partial charge in [0.15, 0.2) is 0 Å². The molecule has 2 rings (SSSR count). The molecule has 0 aliphatic heterocycles. The molecule has 1 aromatic heterocycles. The van der Waals surface area contributed by atoms with Gasteiger partial charge in [0, 0.05) is 5.56 Å². The first-order valence-electron chi connectivity index (χ1n) is 4.61. The van der Waals surface area contributed by atoms with Crippen LogP contribution < -0.4 is 0 Å². The fourth-order valence-electron chi connectivity index (χ4n) is 1.41. The summed E-state index contributed by atoms with van der Waals surface area (Å²) in [6.07, 6.45) is 1.21. The van der Waals surface area contributed by atoms with E-state index in [0.29, 0.717) is 11.3 Å². The molecule has 1 aromatic carbocycles. The lowest BCUT2D eigenvalue weighted by Crippen LogP contribution is -2.01. The number of phenols is 1. The highest BCUT2D eigenvalue weighted by atomic mass is 16.5. The number of nitrogens with zero attached hydrogens (tertiary/aromatic N) is 1. The molecule has 16 heavy (non-hydrogen) atoms. The molecule has 5 heteroatoms. The van der Waals surface area contributed by atoms with Gasteiger partial charge in [-0.3, -0.25) is 4.79 Å². The van der Waals surface area contributed by atoms with Crippen molar-refractivity contribution in [3.63, 3.8) is 0 Å². The van der Waals surface area contributed by atoms with E-state index in [1.54, 1.807) is 12.1 Å². The molecule has 1 heterocycles. The fourth-order valence-corrected chi connectivity index (χ4v) is 1.41. The minimum Gasteiger partial charge on any atom is -0.508 e. The van der Waals surface area contributed by atoms with Crippen LogP contribution in [0.4, 0.5) is 0 Å². The number of carboxylic acids is 1. The van der Waals surface area contributed by atoms with Gasteiger partial charge < -0.3 is 14.7 Å². The summed E-state index contributed by atoms with van der Waals surface area (Å²) in [6.45, 7) is 0. The van der Waals surface area contributed by atoms with E-state index in [4.69, 9.17) is 14.7 Å². The number of aromatic nitrogens is 1. The summed E-state index contributed by atoms with van der Waals surface area (Å²) in [5, 5.41) is 21.5. The van der Waals surface area contributed by atoms with Gasteiger partial charge in [-0.05, 0) is 17.7 Å². The lowest BCUT2D eigenvalue weighted by atomic mass is 10.1. The largest absolute Gasteiger partial charge is 0.508 e. The summed E-state index contributed by atoms with van der Waals surface area (Å²) in [6, 6.07) is 6.39. The Bertz CT molecular complexity index is 501. The van der Waals surface area contributed by atoms with Crippen molar-refractivity contribution in [3.8, 4) is 16.9 Å². The number of aliphatic carboxylic acids is 1. The highest BCUT2D eigenvalue weighted by Gasteiger charge is 2.12. The van der Waals surface area contributed by atoms with Gasteiger partial charge in [0.2, 0.25) is 0 Å². The van der Waals surface area contributed by atoms with Crippen molar-refractivity contribution in [2.45, 2.75) is 6.42 Å². The van der Waals surface area contributed by atoms with Gasteiger partial charge >= 0.3 is 5.97 Å². The summed E-state index contributed by atoms with van der Waals surface area (Å²) in [7, 11) is 0. The van der Waals surface area contributed by atoms with Crippen LogP contribution >= 0.6 is 0 Å². The minimum atomic E-state index is -0.964. The van der Waals surface area contributed by atoms with E-state index in [9.17, 15) is 4.79 Å². The van der Waals surface area contributed by atoms with E-state index >= 15 is 0 Å². The van der Waals surface area contributed by atoms with Crippen LogP contribution in [0.25, 0.3) is 11.1 Å². The quantitative estimate of drug-likeness (QED) is 0.820. The second kappa shape index (κ2) is 4.06. The number of phenolic OH excluding ortho intramolecular Hbond substituents is 1.